The van der Waals surface area contributed by atoms with E-state index in [1.807, 2.05) is 30.9 Å². The number of ether oxygens (including phenoxy) is 1. The minimum atomic E-state index is -0.537. The zero-order valence-corrected chi connectivity index (χ0v) is 11.6. The highest BCUT2D eigenvalue weighted by Gasteiger charge is 2.78. The zero-order chi connectivity index (χ0) is 13.8. The van der Waals surface area contributed by atoms with Crippen LogP contribution in [0.4, 0.5) is 0 Å². The van der Waals surface area contributed by atoms with Gasteiger partial charge in [0.1, 0.15) is 5.76 Å². The summed E-state index contributed by atoms with van der Waals surface area (Å²) in [6, 6.07) is 0. The molecule has 4 atom stereocenters. The van der Waals surface area contributed by atoms with Crippen LogP contribution in [0.2, 0.25) is 0 Å². The lowest BCUT2D eigenvalue weighted by Crippen LogP contribution is -2.35. The molecule has 1 saturated carbocycles. The van der Waals surface area contributed by atoms with Gasteiger partial charge in [0.05, 0.1) is 18.4 Å². The zero-order valence-electron chi connectivity index (χ0n) is 11.6. The summed E-state index contributed by atoms with van der Waals surface area (Å²) in [6.07, 6.45) is 5.63. The van der Waals surface area contributed by atoms with Crippen LogP contribution in [0.5, 0.6) is 0 Å². The largest absolute Gasteiger partial charge is 0.500 e. The van der Waals surface area contributed by atoms with E-state index in [-0.39, 0.29) is 29.4 Å². The molecule has 0 N–H and O–H groups in total. The van der Waals surface area contributed by atoms with Crippen LogP contribution in [0, 0.1) is 23.2 Å². The second-order valence-corrected chi connectivity index (χ2v) is 5.42. The SMILES string of the molecule is CCN(CC)C(=O)C1C2C=CC3C(OC)=CC(=O)C321. The molecule has 0 aromatic heterocycles. The molecule has 3 rings (SSSR count). The van der Waals surface area contributed by atoms with Crippen molar-refractivity contribution in [2.45, 2.75) is 13.8 Å². The van der Waals surface area contributed by atoms with E-state index in [1.54, 1.807) is 13.2 Å². The highest BCUT2D eigenvalue weighted by Crippen LogP contribution is 2.72. The van der Waals surface area contributed by atoms with Gasteiger partial charge in [0, 0.05) is 31.0 Å². The van der Waals surface area contributed by atoms with Gasteiger partial charge in [-0.05, 0) is 13.8 Å². The van der Waals surface area contributed by atoms with Gasteiger partial charge in [-0.2, -0.15) is 0 Å². The summed E-state index contributed by atoms with van der Waals surface area (Å²) in [4.78, 5) is 26.7. The maximum absolute atomic E-state index is 12.5. The van der Waals surface area contributed by atoms with Crippen molar-refractivity contribution in [3.05, 3.63) is 24.0 Å². The summed E-state index contributed by atoms with van der Waals surface area (Å²) in [5.74, 6) is 0.747. The number of hydrogen-bond acceptors (Lipinski definition) is 3. The molecule has 4 nitrogen and oxygen atoms in total. The van der Waals surface area contributed by atoms with Gasteiger partial charge >= 0.3 is 0 Å². The number of nitrogens with zero attached hydrogens (tertiary/aromatic N) is 1. The second-order valence-electron chi connectivity index (χ2n) is 5.42. The molecule has 1 fully saturated rings. The predicted octanol–water partition coefficient (Wildman–Crippen LogP) is 1.39. The minimum Gasteiger partial charge on any atom is -0.500 e. The number of hydrogen-bond donors (Lipinski definition) is 0. The standard InChI is InChI=1S/C15H19NO3/c1-4-16(5-2)14(18)13-10-7-6-9-11(19-3)8-12(17)15(9,10)13/h6-10,13H,4-5H2,1-3H3. The minimum absolute atomic E-state index is 0.0282. The predicted molar refractivity (Wildman–Crippen MR) is 70.1 cm³/mol. The fourth-order valence-corrected chi connectivity index (χ4v) is 3.92. The summed E-state index contributed by atoms with van der Waals surface area (Å²) in [7, 11) is 1.59. The van der Waals surface area contributed by atoms with Crippen molar-refractivity contribution < 1.29 is 14.3 Å². The number of carbonyl (C=O) groups is 2. The van der Waals surface area contributed by atoms with Crippen LogP contribution in [0.25, 0.3) is 0 Å². The number of amides is 1. The molecule has 0 aliphatic heterocycles. The van der Waals surface area contributed by atoms with Crippen molar-refractivity contribution in [2.75, 3.05) is 20.2 Å². The second kappa shape index (κ2) is 3.95. The Morgan fingerprint density at radius 2 is 2.05 bits per heavy atom. The lowest BCUT2D eigenvalue weighted by atomic mass is 9.89. The third kappa shape index (κ3) is 1.29. The lowest BCUT2D eigenvalue weighted by molar-refractivity contribution is -0.135. The van der Waals surface area contributed by atoms with Gasteiger partial charge in [0.2, 0.25) is 5.91 Å². The van der Waals surface area contributed by atoms with Crippen LogP contribution >= 0.6 is 0 Å². The van der Waals surface area contributed by atoms with E-state index in [0.717, 1.165) is 0 Å². The van der Waals surface area contributed by atoms with Crippen LogP contribution in [-0.2, 0) is 14.3 Å². The summed E-state index contributed by atoms with van der Waals surface area (Å²) in [5, 5.41) is 0. The number of ketones is 1. The highest BCUT2D eigenvalue weighted by atomic mass is 16.5. The molecule has 3 aliphatic carbocycles. The van der Waals surface area contributed by atoms with Crippen LogP contribution in [0.1, 0.15) is 13.8 Å². The van der Waals surface area contributed by atoms with Gasteiger partial charge in [-0.1, -0.05) is 12.2 Å². The average Bonchev–Trinajstić information content (AvgIpc) is 2.77. The quantitative estimate of drug-likeness (QED) is 0.718. The molecule has 1 amide bonds. The topological polar surface area (TPSA) is 46.6 Å². The van der Waals surface area contributed by atoms with E-state index >= 15 is 0 Å². The first-order chi connectivity index (χ1) is 9.12. The Morgan fingerprint density at radius 3 is 2.63 bits per heavy atom. The fraction of sp³-hybridized carbons (Fsp3) is 0.600. The molecule has 19 heavy (non-hydrogen) atoms. The fourth-order valence-electron chi connectivity index (χ4n) is 3.92. The summed E-state index contributed by atoms with van der Waals surface area (Å²) >= 11 is 0. The number of rotatable bonds is 4. The summed E-state index contributed by atoms with van der Waals surface area (Å²) < 4.78 is 5.29. The Hall–Kier alpha value is -1.58. The van der Waals surface area contributed by atoms with Gasteiger partial charge in [-0.3, -0.25) is 9.59 Å². The third-order valence-electron chi connectivity index (χ3n) is 4.93. The van der Waals surface area contributed by atoms with Crippen LogP contribution in [-0.4, -0.2) is 36.8 Å². The highest BCUT2D eigenvalue weighted by molar-refractivity contribution is 6.08. The Kier molecular flexibility index (Phi) is 2.59. The Balaban J connectivity index is 1.89. The Bertz CT molecular complexity index is 504. The molecule has 0 radical (unpaired) electrons. The van der Waals surface area contributed by atoms with Crippen LogP contribution in [0.3, 0.4) is 0 Å². The molecule has 4 heteroatoms. The molecule has 102 valence electrons. The number of allylic oxidation sites excluding steroid dienone is 3. The van der Waals surface area contributed by atoms with Gasteiger partial charge in [0.15, 0.2) is 5.78 Å². The molecular weight excluding hydrogens is 242 g/mol. The van der Waals surface area contributed by atoms with Crippen LogP contribution in [0.15, 0.2) is 24.0 Å². The molecule has 3 aliphatic rings. The van der Waals surface area contributed by atoms with Crippen molar-refractivity contribution in [1.82, 2.24) is 4.90 Å². The summed E-state index contributed by atoms with van der Waals surface area (Å²) in [6.45, 7) is 5.34. The third-order valence-corrected chi connectivity index (χ3v) is 4.93. The summed E-state index contributed by atoms with van der Waals surface area (Å²) in [5.41, 5.74) is -0.537. The molecular formula is C15H19NO3. The van der Waals surface area contributed by atoms with Crippen molar-refractivity contribution in [3.8, 4) is 0 Å². The first-order valence-electron chi connectivity index (χ1n) is 6.89. The molecule has 0 saturated heterocycles. The first-order valence-corrected chi connectivity index (χ1v) is 6.89. The number of carbonyl (C=O) groups excluding carboxylic acids is 2. The molecule has 4 unspecified atom stereocenters. The Labute approximate surface area is 113 Å². The van der Waals surface area contributed by atoms with Gasteiger partial charge < -0.3 is 9.64 Å². The molecule has 0 bridgehead atoms. The normalized spacial score (nSPS) is 37.7. The Morgan fingerprint density at radius 1 is 1.37 bits per heavy atom. The maximum atomic E-state index is 12.5. The van der Waals surface area contributed by atoms with E-state index in [1.165, 1.54) is 0 Å². The van der Waals surface area contributed by atoms with Crippen molar-refractivity contribution in [2.24, 2.45) is 23.2 Å². The van der Waals surface area contributed by atoms with Crippen molar-refractivity contribution >= 4 is 11.7 Å². The van der Waals surface area contributed by atoms with Crippen molar-refractivity contribution in [3.63, 3.8) is 0 Å². The maximum Gasteiger partial charge on any atom is 0.227 e. The van der Waals surface area contributed by atoms with Gasteiger partial charge in [-0.15, -0.1) is 0 Å². The van der Waals surface area contributed by atoms with E-state index in [4.69, 9.17) is 4.74 Å². The molecule has 0 heterocycles. The molecule has 1 spiro atoms. The average molecular weight is 261 g/mol. The van der Waals surface area contributed by atoms with E-state index in [0.29, 0.717) is 18.8 Å². The van der Waals surface area contributed by atoms with E-state index in [9.17, 15) is 9.59 Å². The van der Waals surface area contributed by atoms with E-state index in [2.05, 4.69) is 0 Å². The number of methoxy groups -OCH3 is 1. The first kappa shape index (κ1) is 12.5. The van der Waals surface area contributed by atoms with E-state index < -0.39 is 5.41 Å². The van der Waals surface area contributed by atoms with Crippen molar-refractivity contribution in [1.29, 1.82) is 0 Å². The van der Waals surface area contributed by atoms with Crippen LogP contribution < -0.4 is 0 Å². The lowest BCUT2D eigenvalue weighted by Gasteiger charge is -2.22. The molecule has 0 aromatic carbocycles. The monoisotopic (exact) mass is 261 g/mol. The molecule has 0 aromatic rings. The van der Waals surface area contributed by atoms with Gasteiger partial charge in [0.25, 0.3) is 0 Å². The smallest absolute Gasteiger partial charge is 0.227 e. The van der Waals surface area contributed by atoms with Gasteiger partial charge in [-0.25, -0.2) is 0 Å².